The monoisotopic (exact) mass is 652 g/mol. The van der Waals surface area contributed by atoms with Crippen LogP contribution in [0.3, 0.4) is 0 Å². The average Bonchev–Trinajstić information content (AvgIpc) is 3.87. The summed E-state index contributed by atoms with van der Waals surface area (Å²) in [4.78, 5) is 19.2. The first-order chi connectivity index (χ1) is 21.4. The summed E-state index contributed by atoms with van der Waals surface area (Å²) in [5.74, 6) is 0.186. The molecular weight excluding hydrogens is 616 g/mol. The number of thiazole rings is 1. The lowest BCUT2D eigenvalue weighted by Gasteiger charge is -2.21. The molecule has 0 aliphatic heterocycles. The molecule has 0 saturated heterocycles. The Bertz CT molecular complexity index is 1860. The molecule has 3 heterocycles. The number of sulfone groups is 1. The zero-order valence-electron chi connectivity index (χ0n) is 25.4. The Morgan fingerprint density at radius 3 is 2.49 bits per heavy atom. The van der Waals surface area contributed by atoms with Crippen molar-refractivity contribution in [1.29, 1.82) is 0 Å². The molecule has 2 unspecified atom stereocenters. The number of fused-ring (bicyclic) bond motifs is 1. The third-order valence-corrected chi connectivity index (χ3v) is 12.5. The summed E-state index contributed by atoms with van der Waals surface area (Å²) in [6, 6.07) is 5.90. The lowest BCUT2D eigenvalue weighted by atomic mass is 10.1. The molecule has 238 valence electrons. The van der Waals surface area contributed by atoms with Gasteiger partial charge in [0.25, 0.3) is 0 Å². The van der Waals surface area contributed by atoms with Crippen molar-refractivity contribution in [3.05, 3.63) is 53.7 Å². The second kappa shape index (κ2) is 11.2. The lowest BCUT2D eigenvalue weighted by Crippen LogP contribution is -2.36. The Kier molecular flexibility index (Phi) is 7.58. The van der Waals surface area contributed by atoms with Crippen molar-refractivity contribution in [2.24, 2.45) is 17.3 Å². The normalized spacial score (nSPS) is 25.9. The number of anilines is 2. The van der Waals surface area contributed by atoms with Gasteiger partial charge in [-0.2, -0.15) is 4.98 Å². The fourth-order valence-corrected chi connectivity index (χ4v) is 9.12. The first kappa shape index (κ1) is 30.4. The van der Waals surface area contributed by atoms with Crippen molar-refractivity contribution in [3.8, 4) is 10.6 Å². The molecule has 4 aromatic rings. The van der Waals surface area contributed by atoms with Crippen LogP contribution in [0.5, 0.6) is 0 Å². The van der Waals surface area contributed by atoms with E-state index in [0.29, 0.717) is 34.9 Å². The first-order valence-electron chi connectivity index (χ1n) is 15.4. The summed E-state index contributed by atoms with van der Waals surface area (Å²) in [6.07, 6.45) is 2.81. The van der Waals surface area contributed by atoms with E-state index in [2.05, 4.69) is 29.5 Å². The summed E-state index contributed by atoms with van der Waals surface area (Å²) in [7, 11) is -3.83. The van der Waals surface area contributed by atoms with Crippen molar-refractivity contribution in [1.82, 2.24) is 19.9 Å². The van der Waals surface area contributed by atoms with E-state index >= 15 is 0 Å². The summed E-state index contributed by atoms with van der Waals surface area (Å²) in [5, 5.41) is 29.5. The minimum atomic E-state index is -3.83. The van der Waals surface area contributed by atoms with Gasteiger partial charge in [-0.3, -0.25) is 4.98 Å². The number of nitrogens with one attached hydrogen (secondary N) is 2. The molecule has 3 saturated carbocycles. The molecule has 5 atom stereocenters. The van der Waals surface area contributed by atoms with E-state index in [1.54, 1.807) is 0 Å². The van der Waals surface area contributed by atoms with Crippen LogP contribution in [0, 0.1) is 30.0 Å². The third kappa shape index (κ3) is 6.02. The number of nitrogens with zero attached hydrogens (tertiary/aromatic N) is 4. The van der Waals surface area contributed by atoms with E-state index in [0.717, 1.165) is 58.9 Å². The molecule has 1 aromatic carbocycles. The van der Waals surface area contributed by atoms with Crippen LogP contribution in [0.4, 0.5) is 16.2 Å². The zero-order valence-corrected chi connectivity index (χ0v) is 27.0. The molecule has 3 aromatic heterocycles. The van der Waals surface area contributed by atoms with Gasteiger partial charge in [-0.1, -0.05) is 13.8 Å². The molecular formula is C32H37FN6O4S2. The number of hydrogen-bond donors (Lipinski definition) is 4. The minimum Gasteiger partial charge on any atom is -0.390 e. The fraction of sp³-hybridized carbons (Fsp3) is 0.500. The van der Waals surface area contributed by atoms with Gasteiger partial charge in [-0.25, -0.2) is 22.8 Å². The van der Waals surface area contributed by atoms with Gasteiger partial charge in [0.15, 0.2) is 9.84 Å². The van der Waals surface area contributed by atoms with Crippen molar-refractivity contribution >= 4 is 43.2 Å². The van der Waals surface area contributed by atoms with Crippen LogP contribution in [0.2, 0.25) is 0 Å². The molecule has 0 bridgehead atoms. The second-order valence-corrected chi connectivity index (χ2v) is 16.5. The van der Waals surface area contributed by atoms with Crippen molar-refractivity contribution < 1.29 is 23.0 Å². The fourth-order valence-electron chi connectivity index (χ4n) is 6.42. The number of benzene rings is 1. The van der Waals surface area contributed by atoms with E-state index in [1.807, 2.05) is 19.2 Å². The molecule has 10 nitrogen and oxygen atoms in total. The van der Waals surface area contributed by atoms with Gasteiger partial charge < -0.3 is 20.8 Å². The molecule has 3 aliphatic rings. The van der Waals surface area contributed by atoms with Gasteiger partial charge >= 0.3 is 0 Å². The predicted molar refractivity (Wildman–Crippen MR) is 172 cm³/mol. The predicted octanol–water partition coefficient (Wildman–Crippen LogP) is 4.93. The van der Waals surface area contributed by atoms with Crippen molar-refractivity contribution in [3.63, 3.8) is 0 Å². The standard InChI is InChI=1S/C32H37FN6O4S2/c1-16-24(30-38-26-23(44-30)10-11-34-25(26)17-4-5-17)29(39-31(36-16)35-14-19-13-32(19,2)3)37-22-12-18(27(40)28(22)41)15-45(42,43)21-8-6-20(33)7-9-21/h6-11,17-19,22,27-28,40-41H,4-5,12-15H2,1-3H3,(H2,35,36,37,39)/t18-,19?,22?,27-,28+/m1/s1. The number of aliphatic hydroxyl groups excluding tert-OH is 2. The van der Waals surface area contributed by atoms with Crippen LogP contribution in [0.25, 0.3) is 20.8 Å². The molecule has 0 radical (unpaired) electrons. The number of pyridine rings is 1. The number of hydrogen-bond acceptors (Lipinski definition) is 11. The highest BCUT2D eigenvalue weighted by Crippen LogP contribution is 2.51. The maximum atomic E-state index is 13.4. The van der Waals surface area contributed by atoms with Crippen LogP contribution in [0.15, 0.2) is 41.4 Å². The summed E-state index contributed by atoms with van der Waals surface area (Å²) < 4.78 is 40.7. The van der Waals surface area contributed by atoms with E-state index in [4.69, 9.17) is 15.0 Å². The van der Waals surface area contributed by atoms with Crippen molar-refractivity contribution in [2.75, 3.05) is 22.9 Å². The van der Waals surface area contributed by atoms with Gasteiger partial charge in [0.2, 0.25) is 5.95 Å². The number of halogens is 1. The minimum absolute atomic E-state index is 0.0267. The van der Waals surface area contributed by atoms with E-state index in [-0.39, 0.29) is 22.5 Å². The topological polar surface area (TPSA) is 150 Å². The van der Waals surface area contributed by atoms with Crippen LogP contribution < -0.4 is 10.6 Å². The number of rotatable bonds is 10. The quantitative estimate of drug-likeness (QED) is 0.174. The van der Waals surface area contributed by atoms with Gasteiger partial charge in [-0.15, -0.1) is 11.3 Å². The highest BCUT2D eigenvalue weighted by Gasteiger charge is 2.46. The molecule has 45 heavy (non-hydrogen) atoms. The summed E-state index contributed by atoms with van der Waals surface area (Å²) in [5.41, 5.74) is 3.57. The van der Waals surface area contributed by atoms with Crippen LogP contribution >= 0.6 is 11.3 Å². The van der Waals surface area contributed by atoms with E-state index in [9.17, 15) is 23.0 Å². The Morgan fingerprint density at radius 1 is 1.07 bits per heavy atom. The van der Waals surface area contributed by atoms with Gasteiger partial charge in [0.05, 0.1) is 44.4 Å². The van der Waals surface area contributed by atoms with E-state index in [1.165, 1.54) is 23.5 Å². The van der Waals surface area contributed by atoms with Crippen molar-refractivity contribution in [2.45, 2.75) is 75.5 Å². The highest BCUT2D eigenvalue weighted by atomic mass is 32.2. The number of aliphatic hydroxyl groups is 2. The van der Waals surface area contributed by atoms with Crippen LogP contribution in [-0.2, 0) is 9.84 Å². The van der Waals surface area contributed by atoms with Gasteiger partial charge in [0.1, 0.15) is 28.3 Å². The summed E-state index contributed by atoms with van der Waals surface area (Å²) >= 11 is 1.53. The first-order valence-corrected chi connectivity index (χ1v) is 17.9. The van der Waals surface area contributed by atoms with Crippen LogP contribution in [-0.4, -0.2) is 69.1 Å². The Hall–Kier alpha value is -3.26. The molecule has 0 spiro atoms. The molecule has 3 aliphatic carbocycles. The molecule has 3 fully saturated rings. The Labute approximate surface area is 265 Å². The van der Waals surface area contributed by atoms with Gasteiger partial charge in [-0.05, 0) is 74.3 Å². The third-order valence-electron chi connectivity index (χ3n) is 9.56. The summed E-state index contributed by atoms with van der Waals surface area (Å²) in [6.45, 7) is 7.10. The smallest absolute Gasteiger partial charge is 0.224 e. The Morgan fingerprint density at radius 2 is 1.80 bits per heavy atom. The second-order valence-electron chi connectivity index (χ2n) is 13.4. The average molecular weight is 653 g/mol. The van der Waals surface area contributed by atoms with Gasteiger partial charge in [0, 0.05) is 24.6 Å². The Balaban J connectivity index is 1.19. The zero-order chi connectivity index (χ0) is 31.7. The SMILES string of the molecule is Cc1nc(NCC2CC2(C)C)nc(NC2C[C@H](CS(=O)(=O)c3ccc(F)cc3)[C@@H](O)[C@H]2O)c1-c1nc2c(C3CC3)nccc2s1. The maximum absolute atomic E-state index is 13.4. The molecule has 7 rings (SSSR count). The number of aromatic nitrogens is 4. The molecule has 13 heteroatoms. The number of aryl methyl sites for hydroxylation is 1. The largest absolute Gasteiger partial charge is 0.390 e. The maximum Gasteiger partial charge on any atom is 0.224 e. The lowest BCUT2D eigenvalue weighted by molar-refractivity contribution is 0.0216. The highest BCUT2D eigenvalue weighted by molar-refractivity contribution is 7.91. The van der Waals surface area contributed by atoms with E-state index < -0.39 is 39.8 Å². The molecule has 0 amide bonds. The molecule has 4 N–H and O–H groups in total. The van der Waals surface area contributed by atoms with Crippen LogP contribution in [0.1, 0.15) is 56.8 Å².